The number of pyridine rings is 2. The topological polar surface area (TPSA) is 113 Å². The van der Waals surface area contributed by atoms with Crippen LogP contribution in [-0.2, 0) is 12.6 Å². The standard InChI is InChI=1S/C24H25N5O3/c1-24(2,32)20-10-9-16(12-25-20)17-11-18-21(23(31)29(3)14-27-18)22(28-17)26-13-19(30)15-7-5-4-6-8-15/h4-12,14,19,30,32H,13H2,1-3H3,(H,26,28)/t19-/m1/s1. The molecule has 0 aliphatic heterocycles. The number of benzene rings is 1. The fourth-order valence-electron chi connectivity index (χ4n) is 3.39. The van der Waals surface area contributed by atoms with Crippen LogP contribution in [0.3, 0.4) is 0 Å². The van der Waals surface area contributed by atoms with Gasteiger partial charge in [-0.15, -0.1) is 0 Å². The molecule has 4 rings (SSSR count). The predicted octanol–water partition coefficient (Wildman–Crippen LogP) is 2.76. The average Bonchev–Trinajstić information content (AvgIpc) is 2.79. The fraction of sp³-hybridized carbons (Fsp3) is 0.250. The molecule has 8 nitrogen and oxygen atoms in total. The van der Waals surface area contributed by atoms with Crippen LogP contribution in [0.25, 0.3) is 22.2 Å². The highest BCUT2D eigenvalue weighted by molar-refractivity contribution is 5.91. The van der Waals surface area contributed by atoms with E-state index in [-0.39, 0.29) is 12.1 Å². The summed E-state index contributed by atoms with van der Waals surface area (Å²) in [7, 11) is 1.63. The summed E-state index contributed by atoms with van der Waals surface area (Å²) in [4.78, 5) is 26.2. The van der Waals surface area contributed by atoms with E-state index < -0.39 is 11.7 Å². The van der Waals surface area contributed by atoms with Gasteiger partial charge in [-0.3, -0.25) is 9.78 Å². The summed E-state index contributed by atoms with van der Waals surface area (Å²) in [5.41, 5.74) is 1.79. The monoisotopic (exact) mass is 431 g/mol. The van der Waals surface area contributed by atoms with E-state index in [0.29, 0.717) is 33.7 Å². The zero-order valence-electron chi connectivity index (χ0n) is 18.1. The summed E-state index contributed by atoms with van der Waals surface area (Å²) in [6.07, 6.45) is 2.32. The minimum Gasteiger partial charge on any atom is -0.387 e. The molecule has 3 heterocycles. The van der Waals surface area contributed by atoms with E-state index in [0.717, 1.165) is 5.56 Å². The van der Waals surface area contributed by atoms with E-state index in [4.69, 9.17) is 0 Å². The largest absolute Gasteiger partial charge is 0.387 e. The number of hydrogen-bond donors (Lipinski definition) is 3. The predicted molar refractivity (Wildman–Crippen MR) is 123 cm³/mol. The summed E-state index contributed by atoms with van der Waals surface area (Å²) in [5.74, 6) is 0.341. The van der Waals surface area contributed by atoms with E-state index >= 15 is 0 Å². The molecule has 0 spiro atoms. The number of aryl methyl sites for hydroxylation is 1. The first kappa shape index (κ1) is 21.6. The molecule has 0 amide bonds. The number of nitrogens with zero attached hydrogens (tertiary/aromatic N) is 4. The molecule has 3 aromatic heterocycles. The van der Waals surface area contributed by atoms with Gasteiger partial charge in [-0.05, 0) is 37.6 Å². The zero-order valence-corrected chi connectivity index (χ0v) is 18.1. The number of nitrogens with one attached hydrogen (secondary N) is 1. The maximum absolute atomic E-state index is 12.8. The van der Waals surface area contributed by atoms with Gasteiger partial charge in [0.15, 0.2) is 0 Å². The quantitative estimate of drug-likeness (QED) is 0.430. The smallest absolute Gasteiger partial charge is 0.264 e. The van der Waals surface area contributed by atoms with Crippen LogP contribution in [0.15, 0.2) is 65.8 Å². The van der Waals surface area contributed by atoms with Gasteiger partial charge in [0.1, 0.15) is 16.8 Å². The Balaban J connectivity index is 1.74. The minimum atomic E-state index is -1.05. The first-order valence-corrected chi connectivity index (χ1v) is 10.3. The van der Waals surface area contributed by atoms with E-state index in [1.807, 2.05) is 36.4 Å². The van der Waals surface area contributed by atoms with Crippen LogP contribution in [0, 0.1) is 0 Å². The summed E-state index contributed by atoms with van der Waals surface area (Å²) in [6, 6.07) is 14.6. The Morgan fingerprint density at radius 2 is 1.88 bits per heavy atom. The molecular weight excluding hydrogens is 406 g/mol. The lowest BCUT2D eigenvalue weighted by atomic mass is 10.0. The third kappa shape index (κ3) is 4.37. The Bertz CT molecular complexity index is 1300. The van der Waals surface area contributed by atoms with Gasteiger partial charge in [0.25, 0.3) is 5.56 Å². The number of aliphatic hydroxyl groups is 2. The van der Waals surface area contributed by atoms with Crippen molar-refractivity contribution in [2.24, 2.45) is 7.05 Å². The zero-order chi connectivity index (χ0) is 22.9. The van der Waals surface area contributed by atoms with Crippen LogP contribution in [0.2, 0.25) is 0 Å². The second-order valence-corrected chi connectivity index (χ2v) is 8.21. The number of fused-ring (bicyclic) bond motifs is 1. The molecule has 0 bridgehead atoms. The molecule has 1 aromatic carbocycles. The number of hydrogen-bond acceptors (Lipinski definition) is 7. The molecule has 32 heavy (non-hydrogen) atoms. The Morgan fingerprint density at radius 1 is 1.12 bits per heavy atom. The lowest BCUT2D eigenvalue weighted by Crippen LogP contribution is -2.21. The summed E-state index contributed by atoms with van der Waals surface area (Å²) in [5, 5.41) is 24.2. The number of aromatic nitrogens is 4. The number of aliphatic hydroxyl groups excluding tert-OH is 1. The third-order valence-corrected chi connectivity index (χ3v) is 5.24. The van der Waals surface area contributed by atoms with Gasteiger partial charge in [0.05, 0.1) is 29.3 Å². The number of rotatable bonds is 6. The third-order valence-electron chi connectivity index (χ3n) is 5.24. The molecule has 1 atom stereocenters. The Labute approximate surface area is 185 Å². The molecule has 0 radical (unpaired) electrons. The van der Waals surface area contributed by atoms with Gasteiger partial charge < -0.3 is 20.1 Å². The van der Waals surface area contributed by atoms with Crippen molar-refractivity contribution >= 4 is 16.7 Å². The van der Waals surface area contributed by atoms with E-state index in [9.17, 15) is 15.0 Å². The van der Waals surface area contributed by atoms with Crippen molar-refractivity contribution in [1.82, 2.24) is 19.5 Å². The van der Waals surface area contributed by atoms with Gasteiger partial charge in [-0.25, -0.2) is 9.97 Å². The van der Waals surface area contributed by atoms with E-state index in [1.54, 1.807) is 39.2 Å². The van der Waals surface area contributed by atoms with Crippen molar-refractivity contribution in [3.05, 3.63) is 82.7 Å². The van der Waals surface area contributed by atoms with E-state index in [1.165, 1.54) is 10.9 Å². The van der Waals surface area contributed by atoms with Crippen molar-refractivity contribution in [3.63, 3.8) is 0 Å². The number of anilines is 1. The van der Waals surface area contributed by atoms with Crippen LogP contribution in [0.5, 0.6) is 0 Å². The lowest BCUT2D eigenvalue weighted by Gasteiger charge is -2.17. The highest BCUT2D eigenvalue weighted by Gasteiger charge is 2.19. The van der Waals surface area contributed by atoms with E-state index in [2.05, 4.69) is 20.3 Å². The van der Waals surface area contributed by atoms with Crippen LogP contribution in [-0.4, -0.2) is 36.3 Å². The van der Waals surface area contributed by atoms with Gasteiger partial charge in [-0.2, -0.15) is 0 Å². The molecule has 0 saturated carbocycles. The first-order valence-electron chi connectivity index (χ1n) is 10.3. The molecule has 0 fully saturated rings. The van der Waals surface area contributed by atoms with Crippen molar-refractivity contribution in [3.8, 4) is 11.3 Å². The molecule has 8 heteroatoms. The molecule has 0 saturated heterocycles. The fourth-order valence-corrected chi connectivity index (χ4v) is 3.39. The lowest BCUT2D eigenvalue weighted by molar-refractivity contribution is 0.0739. The van der Waals surface area contributed by atoms with Crippen molar-refractivity contribution < 1.29 is 10.2 Å². The van der Waals surface area contributed by atoms with Gasteiger partial charge >= 0.3 is 0 Å². The summed E-state index contributed by atoms with van der Waals surface area (Å²) < 4.78 is 1.39. The molecule has 0 unspecified atom stereocenters. The molecule has 3 N–H and O–H groups in total. The van der Waals surface area contributed by atoms with Gasteiger partial charge in [0.2, 0.25) is 0 Å². The van der Waals surface area contributed by atoms with Crippen LogP contribution >= 0.6 is 0 Å². The minimum absolute atomic E-state index is 0.170. The molecular formula is C24H25N5O3. The van der Waals surface area contributed by atoms with Crippen LogP contribution in [0.1, 0.15) is 31.2 Å². The molecule has 0 aliphatic rings. The van der Waals surface area contributed by atoms with Crippen molar-refractivity contribution in [2.75, 3.05) is 11.9 Å². The van der Waals surface area contributed by atoms with Crippen molar-refractivity contribution in [2.45, 2.75) is 25.6 Å². The van der Waals surface area contributed by atoms with Crippen molar-refractivity contribution in [1.29, 1.82) is 0 Å². The maximum Gasteiger partial charge on any atom is 0.264 e. The Hall–Kier alpha value is -3.62. The van der Waals surface area contributed by atoms with Crippen LogP contribution < -0.4 is 10.9 Å². The Morgan fingerprint density at radius 3 is 2.53 bits per heavy atom. The average molecular weight is 431 g/mol. The Kier molecular flexibility index (Phi) is 5.73. The highest BCUT2D eigenvalue weighted by atomic mass is 16.3. The first-order chi connectivity index (χ1) is 15.2. The molecule has 4 aromatic rings. The van der Waals surface area contributed by atoms with Gasteiger partial charge in [-0.1, -0.05) is 30.3 Å². The second-order valence-electron chi connectivity index (χ2n) is 8.21. The SMILES string of the molecule is Cn1cnc2cc(-c3ccc(C(C)(C)O)nc3)nc(NC[C@@H](O)c3ccccc3)c2c1=O. The molecule has 164 valence electrons. The maximum atomic E-state index is 12.8. The van der Waals surface area contributed by atoms with Crippen LogP contribution in [0.4, 0.5) is 5.82 Å². The normalized spacial score (nSPS) is 12.7. The summed E-state index contributed by atoms with van der Waals surface area (Å²) >= 11 is 0. The highest BCUT2D eigenvalue weighted by Crippen LogP contribution is 2.26. The second kappa shape index (κ2) is 8.49. The molecule has 0 aliphatic carbocycles. The summed E-state index contributed by atoms with van der Waals surface area (Å²) in [6.45, 7) is 3.51. The van der Waals surface area contributed by atoms with Gasteiger partial charge in [0, 0.05) is 25.4 Å².